The Hall–Kier alpha value is -1.16. The summed E-state index contributed by atoms with van der Waals surface area (Å²) in [6.45, 7) is 6.06. The second kappa shape index (κ2) is 8.98. The van der Waals surface area contributed by atoms with Crippen LogP contribution in [0.5, 0.6) is 0 Å². The van der Waals surface area contributed by atoms with Crippen LogP contribution in [0.4, 0.5) is 0 Å². The monoisotopic (exact) mass is 356 g/mol. The van der Waals surface area contributed by atoms with E-state index in [0.717, 1.165) is 13.0 Å². The lowest BCUT2D eigenvalue weighted by atomic mass is 9.77. The Morgan fingerprint density at radius 1 is 1.08 bits per heavy atom. The lowest BCUT2D eigenvalue weighted by Gasteiger charge is -2.33. The van der Waals surface area contributed by atoms with Crippen molar-refractivity contribution < 1.29 is 0 Å². The van der Waals surface area contributed by atoms with Gasteiger partial charge in [-0.15, -0.1) is 11.3 Å². The Kier molecular flexibility index (Phi) is 6.69. The first kappa shape index (κ1) is 18.6. The summed E-state index contributed by atoms with van der Waals surface area (Å²) in [6, 6.07) is 16.2. The van der Waals surface area contributed by atoms with E-state index in [1.165, 1.54) is 49.2 Å². The molecule has 2 aromatic rings. The van der Waals surface area contributed by atoms with Crippen molar-refractivity contribution in [1.29, 1.82) is 0 Å². The first-order chi connectivity index (χ1) is 12.1. The number of piperidine rings is 1. The summed E-state index contributed by atoms with van der Waals surface area (Å²) in [7, 11) is 2.23. The summed E-state index contributed by atoms with van der Waals surface area (Å²) in [6.07, 6.45) is 6.13. The number of nitrogens with zero attached hydrogens (tertiary/aromatic N) is 1. The van der Waals surface area contributed by atoms with Gasteiger partial charge in [-0.3, -0.25) is 0 Å². The molecule has 1 aliphatic rings. The number of rotatable bonds is 8. The maximum Gasteiger partial charge on any atom is 0.00914 e. The van der Waals surface area contributed by atoms with Crippen LogP contribution in [0.3, 0.4) is 0 Å². The molecule has 1 aromatic heterocycles. The molecule has 136 valence electrons. The van der Waals surface area contributed by atoms with Gasteiger partial charge in [-0.2, -0.15) is 0 Å². The van der Waals surface area contributed by atoms with Gasteiger partial charge in [0.25, 0.3) is 0 Å². The summed E-state index contributed by atoms with van der Waals surface area (Å²) < 4.78 is 0. The van der Waals surface area contributed by atoms with E-state index in [2.05, 4.69) is 72.0 Å². The highest BCUT2D eigenvalue weighted by molar-refractivity contribution is 7.09. The number of thiophene rings is 1. The van der Waals surface area contributed by atoms with Crippen molar-refractivity contribution in [2.24, 2.45) is 5.41 Å². The van der Waals surface area contributed by atoms with Crippen molar-refractivity contribution in [3.63, 3.8) is 0 Å². The second-order valence-corrected chi connectivity index (χ2v) is 9.04. The van der Waals surface area contributed by atoms with Crippen LogP contribution in [0, 0.1) is 5.41 Å². The molecule has 0 radical (unpaired) electrons. The van der Waals surface area contributed by atoms with Gasteiger partial charge < -0.3 is 10.2 Å². The van der Waals surface area contributed by atoms with Crippen LogP contribution in [-0.4, -0.2) is 37.6 Å². The van der Waals surface area contributed by atoms with Gasteiger partial charge in [0.1, 0.15) is 0 Å². The van der Waals surface area contributed by atoms with E-state index >= 15 is 0 Å². The Morgan fingerprint density at radius 3 is 2.52 bits per heavy atom. The molecule has 0 spiro atoms. The van der Waals surface area contributed by atoms with Crippen LogP contribution in [0.15, 0.2) is 47.8 Å². The highest BCUT2D eigenvalue weighted by atomic mass is 32.1. The van der Waals surface area contributed by atoms with Crippen LogP contribution in [0.2, 0.25) is 0 Å². The van der Waals surface area contributed by atoms with Crippen molar-refractivity contribution in [3.05, 3.63) is 58.3 Å². The molecule has 3 rings (SSSR count). The minimum atomic E-state index is 0.310. The molecule has 25 heavy (non-hydrogen) atoms. The molecule has 3 heteroatoms. The maximum absolute atomic E-state index is 3.84. The van der Waals surface area contributed by atoms with Gasteiger partial charge in [0.2, 0.25) is 0 Å². The van der Waals surface area contributed by atoms with E-state index in [9.17, 15) is 0 Å². The molecule has 0 saturated carbocycles. The zero-order chi connectivity index (χ0) is 17.5. The third-order valence-corrected chi connectivity index (χ3v) is 6.41. The summed E-state index contributed by atoms with van der Waals surface area (Å²) in [4.78, 5) is 3.95. The minimum absolute atomic E-state index is 0.310. The van der Waals surface area contributed by atoms with Crippen LogP contribution in [-0.2, 0) is 12.8 Å². The Balaban J connectivity index is 1.57. The van der Waals surface area contributed by atoms with Crippen molar-refractivity contribution in [2.45, 2.75) is 45.1 Å². The summed E-state index contributed by atoms with van der Waals surface area (Å²) in [5.74, 6) is 0. The van der Waals surface area contributed by atoms with E-state index in [1.54, 1.807) is 0 Å². The van der Waals surface area contributed by atoms with Gasteiger partial charge in [0.05, 0.1) is 0 Å². The number of likely N-dealkylation sites (tertiary alicyclic amines) is 1. The summed E-state index contributed by atoms with van der Waals surface area (Å²) in [5, 5.41) is 6.04. The van der Waals surface area contributed by atoms with Crippen molar-refractivity contribution >= 4 is 11.3 Å². The quantitative estimate of drug-likeness (QED) is 0.743. The fourth-order valence-electron chi connectivity index (χ4n) is 3.95. The van der Waals surface area contributed by atoms with Crippen molar-refractivity contribution in [3.8, 4) is 0 Å². The smallest absolute Gasteiger partial charge is 0.00914 e. The predicted molar refractivity (Wildman–Crippen MR) is 109 cm³/mol. The minimum Gasteiger partial charge on any atom is -0.314 e. The van der Waals surface area contributed by atoms with Crippen LogP contribution in [0.25, 0.3) is 0 Å². The molecule has 0 aliphatic carbocycles. The number of nitrogens with one attached hydrogen (secondary N) is 1. The normalized spacial score (nSPS) is 19.0. The third kappa shape index (κ3) is 5.95. The third-order valence-electron chi connectivity index (χ3n) is 5.53. The molecule has 1 aliphatic heterocycles. The molecular formula is C22H32N2S. The predicted octanol–water partition coefficient (Wildman–Crippen LogP) is 4.61. The summed E-state index contributed by atoms with van der Waals surface area (Å²) >= 11 is 1.90. The molecule has 1 atom stereocenters. The van der Waals surface area contributed by atoms with Gasteiger partial charge in [0.15, 0.2) is 0 Å². The maximum atomic E-state index is 3.84. The molecule has 2 nitrogen and oxygen atoms in total. The van der Waals surface area contributed by atoms with Gasteiger partial charge in [-0.25, -0.2) is 0 Å². The van der Waals surface area contributed by atoms with Gasteiger partial charge in [-0.1, -0.05) is 43.3 Å². The zero-order valence-corrected chi connectivity index (χ0v) is 16.5. The molecular weight excluding hydrogens is 324 g/mol. The molecule has 2 heterocycles. The first-order valence-corrected chi connectivity index (χ1v) is 10.5. The molecule has 0 amide bonds. The van der Waals surface area contributed by atoms with Crippen LogP contribution in [0.1, 0.15) is 36.6 Å². The number of benzene rings is 1. The fraction of sp³-hybridized carbons (Fsp3) is 0.545. The molecule has 0 bridgehead atoms. The van der Waals surface area contributed by atoms with E-state index in [1.807, 2.05) is 11.3 Å². The Labute approximate surface area is 157 Å². The second-order valence-electron chi connectivity index (χ2n) is 8.01. The zero-order valence-electron chi connectivity index (χ0n) is 15.7. The van der Waals surface area contributed by atoms with E-state index in [-0.39, 0.29) is 0 Å². The topological polar surface area (TPSA) is 15.3 Å². The standard InChI is InChI=1S/C22H32N2S/c1-22(18-21-9-6-16-25-21,17-19-7-4-3-5-8-19)12-13-23-20-10-14-24(2)15-11-20/h3-9,16,20,23H,10-15,17-18H2,1-2H3. The molecule has 1 saturated heterocycles. The summed E-state index contributed by atoms with van der Waals surface area (Å²) in [5.41, 5.74) is 1.77. The van der Waals surface area contributed by atoms with Gasteiger partial charge >= 0.3 is 0 Å². The molecule has 1 fully saturated rings. The first-order valence-electron chi connectivity index (χ1n) is 9.61. The fourth-order valence-corrected chi connectivity index (χ4v) is 4.87. The Morgan fingerprint density at radius 2 is 1.84 bits per heavy atom. The van der Waals surface area contributed by atoms with Crippen LogP contribution >= 0.6 is 11.3 Å². The molecule has 1 aromatic carbocycles. The van der Waals surface area contributed by atoms with Gasteiger partial charge in [-0.05, 0) is 81.2 Å². The number of hydrogen-bond acceptors (Lipinski definition) is 3. The van der Waals surface area contributed by atoms with Crippen LogP contribution < -0.4 is 5.32 Å². The largest absolute Gasteiger partial charge is 0.314 e. The highest BCUT2D eigenvalue weighted by Gasteiger charge is 2.26. The number of hydrogen-bond donors (Lipinski definition) is 1. The van der Waals surface area contributed by atoms with Crippen molar-refractivity contribution in [2.75, 3.05) is 26.7 Å². The highest BCUT2D eigenvalue weighted by Crippen LogP contribution is 2.32. The van der Waals surface area contributed by atoms with E-state index in [0.29, 0.717) is 11.5 Å². The lowest BCUT2D eigenvalue weighted by Crippen LogP contribution is -2.42. The molecule has 1 unspecified atom stereocenters. The molecule has 1 N–H and O–H groups in total. The average molecular weight is 357 g/mol. The van der Waals surface area contributed by atoms with Crippen molar-refractivity contribution in [1.82, 2.24) is 10.2 Å². The van der Waals surface area contributed by atoms with Gasteiger partial charge in [0, 0.05) is 10.9 Å². The Bertz CT molecular complexity index is 602. The average Bonchev–Trinajstić information content (AvgIpc) is 3.10. The lowest BCUT2D eigenvalue weighted by molar-refractivity contribution is 0.222. The van der Waals surface area contributed by atoms with E-state index in [4.69, 9.17) is 0 Å². The van der Waals surface area contributed by atoms with E-state index < -0.39 is 0 Å². The SMILES string of the molecule is CN1CCC(NCCC(C)(Cc2ccccc2)Cc2cccs2)CC1.